The molecule has 1 aliphatic carbocycles. The van der Waals surface area contributed by atoms with Crippen molar-refractivity contribution in [1.29, 1.82) is 0 Å². The van der Waals surface area contributed by atoms with Crippen molar-refractivity contribution in [2.45, 2.75) is 64.3 Å². The fraction of sp³-hybridized carbons (Fsp3) is 0.586. The van der Waals surface area contributed by atoms with Crippen LogP contribution in [0.2, 0.25) is 0 Å². The third-order valence-corrected chi connectivity index (χ3v) is 9.33. The number of fused-ring (bicyclic) bond motifs is 1. The smallest absolute Gasteiger partial charge is 0.236 e. The molecule has 1 aromatic carbocycles. The van der Waals surface area contributed by atoms with Gasteiger partial charge in [-0.1, -0.05) is 49.9 Å². The van der Waals surface area contributed by atoms with Crippen molar-refractivity contribution >= 4 is 23.2 Å². The first-order valence-corrected chi connectivity index (χ1v) is 14.4. The van der Waals surface area contributed by atoms with E-state index in [2.05, 4.69) is 47.5 Å². The predicted molar refractivity (Wildman–Crippen MR) is 142 cm³/mol. The van der Waals surface area contributed by atoms with Gasteiger partial charge in [-0.3, -0.25) is 14.5 Å². The highest BCUT2D eigenvalue weighted by Crippen LogP contribution is 2.38. The number of thiophene rings is 1. The molecule has 2 aromatic rings. The van der Waals surface area contributed by atoms with Crippen LogP contribution < -0.4 is 0 Å². The predicted octanol–water partition coefficient (Wildman–Crippen LogP) is 5.04. The molecule has 1 atom stereocenters. The summed E-state index contributed by atoms with van der Waals surface area (Å²) in [4.78, 5) is 34.2. The Bertz CT molecular complexity index is 1030. The van der Waals surface area contributed by atoms with E-state index in [4.69, 9.17) is 0 Å². The Balaban J connectivity index is 1.21. The van der Waals surface area contributed by atoms with Crippen molar-refractivity contribution in [2.75, 3.05) is 39.3 Å². The van der Waals surface area contributed by atoms with Crippen LogP contribution in [0.1, 0.15) is 72.6 Å². The molecular weight excluding hydrogens is 454 g/mol. The summed E-state index contributed by atoms with van der Waals surface area (Å²) in [5, 5.41) is 2.19. The highest BCUT2D eigenvalue weighted by Gasteiger charge is 2.33. The number of hydrogen-bond acceptors (Lipinski definition) is 4. The SMILES string of the molecule is Cc1ccccc1[C@@H]1c2ccsc2CCN1CC(=O)N1CCCN(C(=O)CCC2CCCC2)CC1. The minimum atomic E-state index is 0.135. The van der Waals surface area contributed by atoms with E-state index in [9.17, 15) is 9.59 Å². The van der Waals surface area contributed by atoms with E-state index in [0.717, 1.165) is 44.8 Å². The van der Waals surface area contributed by atoms with Crippen molar-refractivity contribution in [3.63, 3.8) is 0 Å². The molecule has 2 fully saturated rings. The molecule has 0 unspecified atom stereocenters. The van der Waals surface area contributed by atoms with Crippen LogP contribution in [-0.4, -0.2) is 65.8 Å². The highest BCUT2D eigenvalue weighted by molar-refractivity contribution is 7.10. The number of benzene rings is 1. The van der Waals surface area contributed by atoms with Gasteiger partial charge in [0.25, 0.3) is 0 Å². The van der Waals surface area contributed by atoms with E-state index in [1.165, 1.54) is 47.3 Å². The second kappa shape index (κ2) is 11.3. The summed E-state index contributed by atoms with van der Waals surface area (Å²) in [7, 11) is 0. The lowest BCUT2D eigenvalue weighted by molar-refractivity contribution is -0.134. The molecular formula is C29H39N3O2S. The first kappa shape index (κ1) is 24.5. The fourth-order valence-electron chi connectivity index (χ4n) is 6.27. The molecule has 6 heteroatoms. The summed E-state index contributed by atoms with van der Waals surface area (Å²) in [5.41, 5.74) is 3.93. The third-order valence-electron chi connectivity index (χ3n) is 8.33. The van der Waals surface area contributed by atoms with Gasteiger partial charge in [0.1, 0.15) is 0 Å². The molecule has 0 N–H and O–H groups in total. The van der Waals surface area contributed by atoms with Crippen LogP contribution in [0.25, 0.3) is 0 Å². The lowest BCUT2D eigenvalue weighted by Crippen LogP contribution is -2.45. The van der Waals surface area contributed by atoms with E-state index in [1.807, 2.05) is 21.1 Å². The largest absolute Gasteiger partial charge is 0.341 e. The third kappa shape index (κ3) is 5.64. The zero-order valence-corrected chi connectivity index (χ0v) is 21.9. The molecule has 3 aliphatic rings. The Morgan fingerprint density at radius 1 is 0.886 bits per heavy atom. The Morgan fingerprint density at radius 3 is 2.40 bits per heavy atom. The zero-order valence-electron chi connectivity index (χ0n) is 21.1. The van der Waals surface area contributed by atoms with Crippen molar-refractivity contribution in [2.24, 2.45) is 5.92 Å². The molecule has 1 aromatic heterocycles. The van der Waals surface area contributed by atoms with Crippen LogP contribution >= 0.6 is 11.3 Å². The van der Waals surface area contributed by atoms with E-state index in [0.29, 0.717) is 26.1 Å². The van der Waals surface area contributed by atoms with Crippen molar-refractivity contribution in [3.8, 4) is 0 Å². The standard InChI is InChI=1S/C29H39N3O2S/c1-22-7-2-5-10-24(22)29-25-14-20-35-26(25)13-17-32(29)21-28(34)31-16-6-15-30(18-19-31)27(33)12-11-23-8-3-4-9-23/h2,5,7,10,14,20,23,29H,3-4,6,8-9,11-13,15-19,21H2,1H3/t29-/m1/s1. The lowest BCUT2D eigenvalue weighted by atomic mass is 9.90. The van der Waals surface area contributed by atoms with Crippen LogP contribution in [0.4, 0.5) is 0 Å². The van der Waals surface area contributed by atoms with Crippen molar-refractivity contribution < 1.29 is 9.59 Å². The minimum Gasteiger partial charge on any atom is -0.341 e. The Hall–Kier alpha value is -2.18. The maximum Gasteiger partial charge on any atom is 0.236 e. The highest BCUT2D eigenvalue weighted by atomic mass is 32.1. The number of carbonyl (C=O) groups excluding carboxylic acids is 2. The fourth-order valence-corrected chi connectivity index (χ4v) is 7.18. The first-order chi connectivity index (χ1) is 17.1. The van der Waals surface area contributed by atoms with Crippen LogP contribution in [0.3, 0.4) is 0 Å². The Kier molecular flexibility index (Phi) is 7.88. The van der Waals surface area contributed by atoms with Crippen LogP contribution in [0, 0.1) is 12.8 Å². The number of carbonyl (C=O) groups is 2. The van der Waals surface area contributed by atoms with Gasteiger partial charge in [0.15, 0.2) is 0 Å². The second-order valence-electron chi connectivity index (χ2n) is 10.6. The van der Waals surface area contributed by atoms with Crippen LogP contribution in [0.5, 0.6) is 0 Å². The molecule has 35 heavy (non-hydrogen) atoms. The van der Waals surface area contributed by atoms with E-state index >= 15 is 0 Å². The molecule has 1 saturated carbocycles. The number of hydrogen-bond donors (Lipinski definition) is 0. The quantitative estimate of drug-likeness (QED) is 0.567. The average molecular weight is 494 g/mol. The number of nitrogens with zero attached hydrogens (tertiary/aromatic N) is 3. The summed E-state index contributed by atoms with van der Waals surface area (Å²) in [5.74, 6) is 1.23. The maximum atomic E-state index is 13.5. The maximum absolute atomic E-state index is 13.5. The summed E-state index contributed by atoms with van der Waals surface area (Å²) in [6.07, 6.45) is 8.84. The molecule has 2 amide bonds. The van der Waals surface area contributed by atoms with Crippen molar-refractivity contribution in [3.05, 3.63) is 57.3 Å². The zero-order chi connectivity index (χ0) is 24.2. The lowest BCUT2D eigenvalue weighted by Gasteiger charge is -2.37. The summed E-state index contributed by atoms with van der Waals surface area (Å²) < 4.78 is 0. The van der Waals surface area contributed by atoms with E-state index in [1.54, 1.807) is 0 Å². The number of amides is 2. The summed E-state index contributed by atoms with van der Waals surface area (Å²) >= 11 is 1.84. The molecule has 0 bridgehead atoms. The van der Waals surface area contributed by atoms with Gasteiger partial charge in [-0.2, -0.15) is 0 Å². The average Bonchev–Trinajstić information content (AvgIpc) is 3.50. The minimum absolute atomic E-state index is 0.135. The van der Waals surface area contributed by atoms with Gasteiger partial charge in [-0.25, -0.2) is 0 Å². The topological polar surface area (TPSA) is 43.9 Å². The first-order valence-electron chi connectivity index (χ1n) is 13.5. The molecule has 0 spiro atoms. The van der Waals surface area contributed by atoms with Gasteiger partial charge in [-0.05, 0) is 60.2 Å². The van der Waals surface area contributed by atoms with Crippen LogP contribution in [0.15, 0.2) is 35.7 Å². The van der Waals surface area contributed by atoms with Crippen molar-refractivity contribution in [1.82, 2.24) is 14.7 Å². The Morgan fingerprint density at radius 2 is 1.63 bits per heavy atom. The molecule has 5 nitrogen and oxygen atoms in total. The van der Waals surface area contributed by atoms with E-state index in [-0.39, 0.29) is 17.9 Å². The van der Waals surface area contributed by atoms with Gasteiger partial charge in [0.05, 0.1) is 12.6 Å². The molecule has 2 aliphatic heterocycles. The van der Waals surface area contributed by atoms with Gasteiger partial charge in [0.2, 0.25) is 11.8 Å². The van der Waals surface area contributed by atoms with E-state index < -0.39 is 0 Å². The molecule has 188 valence electrons. The molecule has 1 saturated heterocycles. The summed E-state index contributed by atoms with van der Waals surface area (Å²) in [6, 6.07) is 11.0. The molecule has 5 rings (SSSR count). The van der Waals surface area contributed by atoms with Gasteiger partial charge >= 0.3 is 0 Å². The summed E-state index contributed by atoms with van der Waals surface area (Å²) in [6.45, 7) is 6.36. The second-order valence-corrected chi connectivity index (χ2v) is 11.6. The number of rotatable bonds is 6. The molecule has 3 heterocycles. The monoisotopic (exact) mass is 493 g/mol. The normalized spacial score (nSPS) is 21.7. The van der Waals surface area contributed by atoms with Crippen LogP contribution in [-0.2, 0) is 16.0 Å². The molecule has 0 radical (unpaired) electrons. The Labute approximate surface area is 214 Å². The van der Waals surface area contributed by atoms with Gasteiger partial charge in [-0.15, -0.1) is 11.3 Å². The van der Waals surface area contributed by atoms with Gasteiger partial charge < -0.3 is 9.80 Å². The number of aryl methyl sites for hydroxylation is 1. The van der Waals surface area contributed by atoms with Gasteiger partial charge in [0, 0.05) is 44.0 Å².